The number of rotatable bonds is 9. The smallest absolute Gasteiger partial charge is 0.151 e. The van der Waals surface area contributed by atoms with Crippen LogP contribution < -0.4 is 21.2 Å². The lowest BCUT2D eigenvalue weighted by Gasteiger charge is -2.37. The Kier molecular flexibility index (Phi) is 8.71. The van der Waals surface area contributed by atoms with Gasteiger partial charge in [0.2, 0.25) is 0 Å². The Hall–Kier alpha value is -2.74. The first-order chi connectivity index (χ1) is 20.5. The summed E-state index contributed by atoms with van der Waals surface area (Å²) in [5.74, 6) is 0.750. The van der Waals surface area contributed by atoms with E-state index in [-0.39, 0.29) is 0 Å². The van der Waals surface area contributed by atoms with Crippen molar-refractivity contribution in [3.8, 4) is 0 Å². The Morgan fingerprint density at radius 3 is 0.929 bits per heavy atom. The maximum Gasteiger partial charge on any atom is 0.151 e. The lowest BCUT2D eigenvalue weighted by atomic mass is 9.87. The maximum absolute atomic E-state index is 15.1. The molecule has 4 aromatic rings. The molecule has 0 aliphatic heterocycles. The van der Waals surface area contributed by atoms with Crippen molar-refractivity contribution in [2.75, 3.05) is 0 Å². The Morgan fingerprint density at radius 2 is 0.667 bits per heavy atom. The summed E-state index contributed by atoms with van der Waals surface area (Å²) in [6.07, 6.45) is 7.60. The molecule has 0 amide bonds. The summed E-state index contributed by atoms with van der Waals surface area (Å²) in [6, 6.07) is 36.9. The number of benzene rings is 4. The zero-order chi connectivity index (χ0) is 29.2. The molecule has 6 heteroatoms. The average molecular weight is 589 g/mol. The molecule has 4 aromatic carbocycles. The van der Waals surface area contributed by atoms with Gasteiger partial charge < -0.3 is 19.3 Å². The van der Waals surface area contributed by atoms with Crippen LogP contribution in [0, 0.1) is 61.7 Å². The molecular formula is C36H30O4P2. The van der Waals surface area contributed by atoms with Gasteiger partial charge in [0, 0.05) is 33.1 Å². The summed E-state index contributed by atoms with van der Waals surface area (Å²) in [4.78, 5) is 0. The first kappa shape index (κ1) is 29.3. The van der Waals surface area contributed by atoms with Gasteiger partial charge in [-0.3, -0.25) is 0 Å². The second-order valence-corrected chi connectivity index (χ2v) is 15.6. The van der Waals surface area contributed by atoms with Crippen molar-refractivity contribution in [2.45, 2.75) is 12.2 Å². The zero-order valence-corrected chi connectivity index (χ0v) is 24.6. The van der Waals surface area contributed by atoms with Gasteiger partial charge in [-0.25, -0.2) is 0 Å². The Balaban J connectivity index is 1.35. The predicted octanol–water partition coefficient (Wildman–Crippen LogP) is 5.20. The zero-order valence-electron chi connectivity index (χ0n) is 22.8. The monoisotopic (exact) mass is 588 g/mol. The lowest BCUT2D eigenvalue weighted by molar-refractivity contribution is 0.0463. The largest absolute Gasteiger partial charge is 0.390 e. The highest BCUT2D eigenvalue weighted by Crippen LogP contribution is 2.66. The summed E-state index contributed by atoms with van der Waals surface area (Å²) in [7, 11) is -6.81. The first-order valence-electron chi connectivity index (χ1n) is 13.8. The van der Waals surface area contributed by atoms with Gasteiger partial charge in [-0.2, -0.15) is 0 Å². The normalized spacial score (nSPS) is 19.2. The van der Waals surface area contributed by atoms with Gasteiger partial charge in [0.05, 0.1) is 23.5 Å². The van der Waals surface area contributed by atoms with Crippen molar-refractivity contribution in [3.05, 3.63) is 183 Å². The predicted molar refractivity (Wildman–Crippen MR) is 170 cm³/mol. The SMILES string of the molecule is O=P([C]1[CH][CH][CH][C]1[C@H](O)[C@@H](O)[C]1[CH][CH][CH][C]1P(=O)(c1ccccc1)c1ccccc1)(c1ccccc1)c1ccccc1. The van der Waals surface area contributed by atoms with E-state index in [0.717, 1.165) is 0 Å². The van der Waals surface area contributed by atoms with Crippen LogP contribution in [0.1, 0.15) is 0 Å². The van der Waals surface area contributed by atoms with E-state index >= 15 is 9.13 Å². The van der Waals surface area contributed by atoms with E-state index in [1.54, 1.807) is 38.5 Å². The van der Waals surface area contributed by atoms with Crippen molar-refractivity contribution >= 4 is 35.5 Å². The molecule has 2 N–H and O–H groups in total. The van der Waals surface area contributed by atoms with Crippen LogP contribution >= 0.6 is 14.3 Å². The summed E-state index contributed by atoms with van der Waals surface area (Å²) < 4.78 is 30.1. The lowest BCUT2D eigenvalue weighted by Crippen LogP contribution is -2.41. The topological polar surface area (TPSA) is 74.6 Å². The van der Waals surface area contributed by atoms with E-state index < -0.39 is 26.5 Å². The molecule has 2 aliphatic rings. The molecular weight excluding hydrogens is 558 g/mol. The van der Waals surface area contributed by atoms with Crippen molar-refractivity contribution in [1.29, 1.82) is 0 Å². The summed E-state index contributed by atoms with van der Waals surface area (Å²) in [5, 5.41) is 26.1. The van der Waals surface area contributed by atoms with Crippen LogP contribution in [0.2, 0.25) is 0 Å². The number of hydrogen-bond acceptors (Lipinski definition) is 4. The average Bonchev–Trinajstić information content (AvgIpc) is 3.76. The molecule has 2 fully saturated rings. The fraction of sp³-hybridized carbons (Fsp3) is 0.0556. The third kappa shape index (κ3) is 5.18. The molecule has 10 radical (unpaired) electrons. The minimum absolute atomic E-state index is 0.375. The third-order valence-electron chi connectivity index (χ3n) is 7.75. The molecule has 4 nitrogen and oxygen atoms in total. The molecule has 0 bridgehead atoms. The van der Waals surface area contributed by atoms with E-state index in [9.17, 15) is 10.2 Å². The van der Waals surface area contributed by atoms with Crippen LogP contribution in [0.4, 0.5) is 0 Å². The molecule has 6 rings (SSSR count). The summed E-state index contributed by atoms with van der Waals surface area (Å²) >= 11 is 0. The van der Waals surface area contributed by atoms with Gasteiger partial charge in [0.15, 0.2) is 14.3 Å². The summed E-state index contributed by atoms with van der Waals surface area (Å²) in [6.45, 7) is 0. The first-order valence-corrected chi connectivity index (χ1v) is 17.2. The Labute approximate surface area is 249 Å². The second kappa shape index (κ2) is 12.5. The van der Waals surface area contributed by atoms with Gasteiger partial charge in [-0.05, 0) is 38.5 Å². The maximum atomic E-state index is 15.1. The van der Waals surface area contributed by atoms with Gasteiger partial charge in [0.25, 0.3) is 0 Å². The van der Waals surface area contributed by atoms with Crippen molar-refractivity contribution in [2.24, 2.45) is 0 Å². The van der Waals surface area contributed by atoms with Gasteiger partial charge in [-0.1, -0.05) is 121 Å². The van der Waals surface area contributed by atoms with E-state index in [0.29, 0.717) is 44.4 Å². The molecule has 2 saturated carbocycles. The van der Waals surface area contributed by atoms with Crippen LogP contribution in [0.15, 0.2) is 121 Å². The molecule has 0 aromatic heterocycles. The molecule has 2 atom stereocenters. The Morgan fingerprint density at radius 1 is 0.405 bits per heavy atom. The van der Waals surface area contributed by atoms with E-state index in [2.05, 4.69) is 0 Å². The minimum Gasteiger partial charge on any atom is -0.390 e. The molecule has 0 saturated heterocycles. The quantitative estimate of drug-likeness (QED) is 0.264. The van der Waals surface area contributed by atoms with E-state index in [1.807, 2.05) is 121 Å². The van der Waals surface area contributed by atoms with Crippen LogP contribution in [0.25, 0.3) is 0 Å². The van der Waals surface area contributed by atoms with Crippen molar-refractivity contribution in [1.82, 2.24) is 0 Å². The van der Waals surface area contributed by atoms with E-state index in [1.165, 1.54) is 0 Å². The van der Waals surface area contributed by atoms with Crippen LogP contribution in [-0.2, 0) is 9.13 Å². The van der Waals surface area contributed by atoms with Crippen LogP contribution in [-0.4, -0.2) is 22.4 Å². The number of aliphatic hydroxyl groups is 2. The van der Waals surface area contributed by atoms with Crippen LogP contribution in [0.5, 0.6) is 0 Å². The van der Waals surface area contributed by atoms with Crippen LogP contribution in [0.3, 0.4) is 0 Å². The number of aliphatic hydroxyl groups excluding tert-OH is 2. The standard InChI is InChI=1S/C36H30O4P2/c37-35(31-23-13-25-33(31)41(39,27-15-5-1-6-16-27)28-17-7-2-8-18-28)36(38)32-24-14-26-34(32)42(40,29-19-9-3-10-20-29)30-21-11-4-12-22-30/h1-26,35-38H/t35-,36-/m0/s1. The highest BCUT2D eigenvalue weighted by molar-refractivity contribution is 7.82. The highest BCUT2D eigenvalue weighted by Gasteiger charge is 2.54. The fourth-order valence-electron chi connectivity index (χ4n) is 5.67. The van der Waals surface area contributed by atoms with Gasteiger partial charge in [-0.15, -0.1) is 0 Å². The molecule has 0 spiro atoms. The molecule has 2 aliphatic carbocycles. The van der Waals surface area contributed by atoms with Gasteiger partial charge >= 0.3 is 0 Å². The molecule has 42 heavy (non-hydrogen) atoms. The highest BCUT2D eigenvalue weighted by atomic mass is 31.2. The number of hydrogen-bond donors (Lipinski definition) is 2. The molecule has 0 heterocycles. The minimum atomic E-state index is -3.40. The van der Waals surface area contributed by atoms with Crippen molar-refractivity contribution < 1.29 is 19.3 Å². The molecule has 208 valence electrons. The summed E-state index contributed by atoms with van der Waals surface area (Å²) in [5.41, 5.74) is 0.933. The van der Waals surface area contributed by atoms with Crippen molar-refractivity contribution in [3.63, 3.8) is 0 Å². The second-order valence-electron chi connectivity index (χ2n) is 10.2. The Bertz CT molecular complexity index is 1340. The fourth-order valence-corrected chi connectivity index (χ4v) is 11.5. The third-order valence-corrected chi connectivity index (χ3v) is 14.0. The van der Waals surface area contributed by atoms with Gasteiger partial charge in [0.1, 0.15) is 0 Å². The van der Waals surface area contributed by atoms with E-state index in [4.69, 9.17) is 0 Å². The molecule has 0 unspecified atom stereocenters.